The number of fused-ring (bicyclic) bond motifs is 1. The number of rotatable bonds is 7. The van der Waals surface area contributed by atoms with Gasteiger partial charge in [-0.2, -0.15) is 4.98 Å². The summed E-state index contributed by atoms with van der Waals surface area (Å²) in [7, 11) is 0. The van der Waals surface area contributed by atoms with Crippen molar-refractivity contribution in [3.05, 3.63) is 65.6 Å². The van der Waals surface area contributed by atoms with Crippen molar-refractivity contribution >= 4 is 23.1 Å². The third kappa shape index (κ3) is 4.74. The lowest BCUT2D eigenvalue weighted by Gasteiger charge is -2.21. The zero-order chi connectivity index (χ0) is 25.2. The number of para-hydroxylation sites is 1. The van der Waals surface area contributed by atoms with Crippen LogP contribution in [0.2, 0.25) is 0 Å². The number of hydrogen-bond acceptors (Lipinski definition) is 7. The number of carbonyl (C=O) groups is 2. The van der Waals surface area contributed by atoms with Gasteiger partial charge in [-0.3, -0.25) is 4.79 Å². The SMILES string of the molecule is Cc1cc(-c2nc3cnc(Oc4ccccc4F)nc3o2)ccc1CCC(=O)N1CCC[C@H]1C(=O)O. The molecule has 1 saturated heterocycles. The molecule has 1 N–H and O–H groups in total. The Morgan fingerprint density at radius 1 is 1.22 bits per heavy atom. The maximum atomic E-state index is 13.9. The molecule has 184 valence electrons. The smallest absolute Gasteiger partial charge is 0.326 e. The first-order valence-corrected chi connectivity index (χ1v) is 11.6. The summed E-state index contributed by atoms with van der Waals surface area (Å²) in [6.45, 7) is 2.42. The molecule has 0 spiro atoms. The largest absolute Gasteiger partial charge is 0.480 e. The predicted octanol–water partition coefficient (Wildman–Crippen LogP) is 4.53. The van der Waals surface area contributed by atoms with Crippen molar-refractivity contribution in [2.45, 2.75) is 38.6 Å². The molecule has 2 aromatic carbocycles. The van der Waals surface area contributed by atoms with Crippen LogP contribution in [0.4, 0.5) is 4.39 Å². The summed E-state index contributed by atoms with van der Waals surface area (Å²) in [5.41, 5.74) is 3.29. The first-order chi connectivity index (χ1) is 17.4. The summed E-state index contributed by atoms with van der Waals surface area (Å²) in [6, 6.07) is 10.8. The van der Waals surface area contributed by atoms with Gasteiger partial charge in [0.25, 0.3) is 5.71 Å². The second-order valence-corrected chi connectivity index (χ2v) is 8.62. The van der Waals surface area contributed by atoms with E-state index in [0.717, 1.165) is 16.7 Å². The highest BCUT2D eigenvalue weighted by Gasteiger charge is 2.33. The first-order valence-electron chi connectivity index (χ1n) is 11.6. The number of hydrogen-bond donors (Lipinski definition) is 1. The molecule has 0 saturated carbocycles. The second kappa shape index (κ2) is 9.73. The van der Waals surface area contributed by atoms with Crippen molar-refractivity contribution in [1.82, 2.24) is 19.9 Å². The minimum Gasteiger partial charge on any atom is -0.480 e. The molecule has 0 bridgehead atoms. The molecule has 3 heterocycles. The van der Waals surface area contributed by atoms with E-state index in [-0.39, 0.29) is 29.8 Å². The van der Waals surface area contributed by atoms with E-state index in [9.17, 15) is 19.1 Å². The van der Waals surface area contributed by atoms with E-state index in [1.807, 2.05) is 25.1 Å². The molecular formula is C26H23FN4O5. The summed E-state index contributed by atoms with van der Waals surface area (Å²) >= 11 is 0. The maximum Gasteiger partial charge on any atom is 0.326 e. The number of aryl methyl sites for hydroxylation is 2. The number of aromatic nitrogens is 3. The Morgan fingerprint density at radius 3 is 2.83 bits per heavy atom. The van der Waals surface area contributed by atoms with Crippen molar-refractivity contribution in [2.24, 2.45) is 0 Å². The van der Waals surface area contributed by atoms with Gasteiger partial charge in [0.1, 0.15) is 11.6 Å². The number of ether oxygens (including phenoxy) is 1. The summed E-state index contributed by atoms with van der Waals surface area (Å²) in [4.78, 5) is 38.1. The lowest BCUT2D eigenvalue weighted by molar-refractivity contribution is -0.148. The van der Waals surface area contributed by atoms with Crippen LogP contribution in [0.25, 0.3) is 22.7 Å². The summed E-state index contributed by atoms with van der Waals surface area (Å²) in [5, 5.41) is 9.31. The van der Waals surface area contributed by atoms with Gasteiger partial charge in [0.15, 0.2) is 11.6 Å². The van der Waals surface area contributed by atoms with Crippen LogP contribution < -0.4 is 4.74 Å². The highest BCUT2D eigenvalue weighted by atomic mass is 19.1. The van der Waals surface area contributed by atoms with Crippen molar-refractivity contribution in [1.29, 1.82) is 0 Å². The number of carboxylic acid groups (broad SMARTS) is 1. The summed E-state index contributed by atoms with van der Waals surface area (Å²) in [6.07, 6.45) is 3.40. The van der Waals surface area contributed by atoms with Crippen LogP contribution >= 0.6 is 0 Å². The van der Waals surface area contributed by atoms with E-state index in [1.165, 1.54) is 23.2 Å². The van der Waals surface area contributed by atoms with Crippen LogP contribution in [0.1, 0.15) is 30.4 Å². The topological polar surface area (TPSA) is 119 Å². The van der Waals surface area contributed by atoms with Gasteiger partial charge >= 0.3 is 12.0 Å². The Labute approximate surface area is 205 Å². The molecule has 1 amide bonds. The molecule has 0 aliphatic carbocycles. The average Bonchev–Trinajstić information content (AvgIpc) is 3.52. The number of aliphatic carboxylic acids is 1. The van der Waals surface area contributed by atoms with Gasteiger partial charge in [0.05, 0.1) is 6.20 Å². The minimum absolute atomic E-state index is 0.00416. The van der Waals surface area contributed by atoms with E-state index in [2.05, 4.69) is 15.0 Å². The van der Waals surface area contributed by atoms with Crippen LogP contribution in [0, 0.1) is 12.7 Å². The Bertz CT molecular complexity index is 1450. The zero-order valence-corrected chi connectivity index (χ0v) is 19.5. The van der Waals surface area contributed by atoms with E-state index in [4.69, 9.17) is 9.15 Å². The standard InChI is InChI=1S/C26H23FN4O5/c1-15-13-17(9-8-16(15)10-11-22(32)31-12-4-6-20(31)25(33)34)23-29-19-14-28-26(30-24(19)36-23)35-21-7-3-2-5-18(21)27/h2-3,5,7-9,13-14,20H,4,6,10-12H2,1H3,(H,33,34)/t20-/m0/s1. The fraction of sp³-hybridized carbons (Fsp3) is 0.269. The molecule has 0 radical (unpaired) electrons. The quantitative estimate of drug-likeness (QED) is 0.401. The number of oxazole rings is 1. The van der Waals surface area contributed by atoms with Crippen molar-refractivity contribution in [3.63, 3.8) is 0 Å². The van der Waals surface area contributed by atoms with Crippen molar-refractivity contribution < 1.29 is 28.2 Å². The molecule has 1 aliphatic rings. The first kappa shape index (κ1) is 23.4. The highest BCUT2D eigenvalue weighted by molar-refractivity contribution is 5.84. The Hall–Kier alpha value is -4.34. The Morgan fingerprint density at radius 2 is 2.06 bits per heavy atom. The van der Waals surface area contributed by atoms with Crippen LogP contribution in [0.3, 0.4) is 0 Å². The molecule has 1 atom stereocenters. The highest BCUT2D eigenvalue weighted by Crippen LogP contribution is 2.28. The van der Waals surface area contributed by atoms with Crippen molar-refractivity contribution in [3.8, 4) is 23.2 Å². The van der Waals surface area contributed by atoms with Crippen LogP contribution in [0.15, 0.2) is 53.1 Å². The van der Waals surface area contributed by atoms with E-state index in [0.29, 0.717) is 37.2 Å². The van der Waals surface area contributed by atoms with Crippen molar-refractivity contribution in [2.75, 3.05) is 6.54 Å². The van der Waals surface area contributed by atoms with E-state index in [1.54, 1.807) is 12.1 Å². The lowest BCUT2D eigenvalue weighted by atomic mass is 10.0. The fourth-order valence-corrected chi connectivity index (χ4v) is 4.34. The van der Waals surface area contributed by atoms with Gasteiger partial charge in [-0.25, -0.2) is 19.2 Å². The third-order valence-corrected chi connectivity index (χ3v) is 6.22. The Balaban J connectivity index is 1.29. The van der Waals surface area contributed by atoms with E-state index >= 15 is 0 Å². The van der Waals surface area contributed by atoms with Crippen LogP contribution in [-0.2, 0) is 16.0 Å². The molecule has 36 heavy (non-hydrogen) atoms. The zero-order valence-electron chi connectivity index (χ0n) is 19.5. The van der Waals surface area contributed by atoms with E-state index < -0.39 is 17.8 Å². The monoisotopic (exact) mass is 490 g/mol. The third-order valence-electron chi connectivity index (χ3n) is 6.22. The van der Waals surface area contributed by atoms with Crippen LogP contribution in [0.5, 0.6) is 11.8 Å². The van der Waals surface area contributed by atoms with Gasteiger partial charge in [-0.05, 0) is 61.6 Å². The molecule has 5 rings (SSSR count). The molecule has 9 nitrogen and oxygen atoms in total. The van der Waals surface area contributed by atoms with Gasteiger partial charge in [0.2, 0.25) is 11.8 Å². The lowest BCUT2D eigenvalue weighted by Crippen LogP contribution is -2.40. The second-order valence-electron chi connectivity index (χ2n) is 8.62. The molecule has 1 aliphatic heterocycles. The van der Waals surface area contributed by atoms with Gasteiger partial charge < -0.3 is 19.2 Å². The normalized spacial score (nSPS) is 15.4. The van der Waals surface area contributed by atoms with Gasteiger partial charge in [-0.1, -0.05) is 18.2 Å². The number of carboxylic acids is 1. The summed E-state index contributed by atoms with van der Waals surface area (Å²) in [5.74, 6) is -1.28. The number of nitrogens with zero attached hydrogens (tertiary/aromatic N) is 4. The van der Waals surface area contributed by atoms with Gasteiger partial charge in [-0.15, -0.1) is 0 Å². The van der Waals surface area contributed by atoms with Crippen LogP contribution in [-0.4, -0.2) is 49.4 Å². The minimum atomic E-state index is -0.949. The number of likely N-dealkylation sites (tertiary alicyclic amines) is 1. The predicted molar refractivity (Wildman–Crippen MR) is 127 cm³/mol. The molecular weight excluding hydrogens is 467 g/mol. The number of amides is 1. The Kier molecular flexibility index (Phi) is 6.32. The molecule has 10 heteroatoms. The summed E-state index contributed by atoms with van der Waals surface area (Å²) < 4.78 is 25.1. The molecule has 2 aromatic heterocycles. The number of benzene rings is 2. The molecule has 0 unspecified atom stereocenters. The average molecular weight is 490 g/mol. The fourth-order valence-electron chi connectivity index (χ4n) is 4.34. The number of halogens is 1. The number of carbonyl (C=O) groups excluding carboxylic acids is 1. The molecule has 4 aromatic rings. The maximum absolute atomic E-state index is 13.9. The molecule has 1 fully saturated rings. The van der Waals surface area contributed by atoms with Gasteiger partial charge in [0, 0.05) is 18.5 Å².